The lowest BCUT2D eigenvalue weighted by atomic mass is 10.3. The van der Waals surface area contributed by atoms with Gasteiger partial charge in [0.25, 0.3) is 0 Å². The topological polar surface area (TPSA) is 40.1 Å². The lowest BCUT2D eigenvalue weighted by Gasteiger charge is -2.31. The summed E-state index contributed by atoms with van der Waals surface area (Å²) in [6.45, 7) is 5.05. The van der Waals surface area contributed by atoms with E-state index in [0.29, 0.717) is 9.79 Å². The Morgan fingerprint density at radius 2 is 2.05 bits per heavy atom. The molecule has 112 valence electrons. The maximum Gasteiger partial charge on any atom is 0.199 e. The van der Waals surface area contributed by atoms with Crippen LogP contribution in [0.15, 0.2) is 24.3 Å². The lowest BCUT2D eigenvalue weighted by Crippen LogP contribution is -2.44. The van der Waals surface area contributed by atoms with E-state index in [-0.39, 0.29) is 0 Å². The van der Waals surface area contributed by atoms with E-state index in [1.54, 1.807) is 0 Å². The number of aromatic amines is 1. The van der Waals surface area contributed by atoms with Crippen molar-refractivity contribution < 1.29 is 0 Å². The summed E-state index contributed by atoms with van der Waals surface area (Å²) in [6.07, 6.45) is 0. The Bertz CT molecular complexity index is 672. The summed E-state index contributed by atoms with van der Waals surface area (Å²) in [5.74, 6) is 0.923. The number of hydrogen-bond acceptors (Lipinski definition) is 4. The number of nitrogens with zero attached hydrogens (tertiary/aromatic N) is 4. The summed E-state index contributed by atoms with van der Waals surface area (Å²) < 4.78 is 2.56. The maximum absolute atomic E-state index is 6.08. The van der Waals surface area contributed by atoms with Gasteiger partial charge in [0, 0.05) is 31.2 Å². The summed E-state index contributed by atoms with van der Waals surface area (Å²) in [6, 6.07) is 7.67. The molecule has 1 aliphatic rings. The Labute approximate surface area is 134 Å². The fourth-order valence-electron chi connectivity index (χ4n) is 2.52. The third-order valence-corrected chi connectivity index (χ3v) is 4.28. The first-order chi connectivity index (χ1) is 10.1. The van der Waals surface area contributed by atoms with Gasteiger partial charge in [-0.3, -0.25) is 14.6 Å². The molecule has 2 aromatic rings. The van der Waals surface area contributed by atoms with Crippen molar-refractivity contribution in [2.75, 3.05) is 33.2 Å². The number of benzene rings is 1. The van der Waals surface area contributed by atoms with Crippen LogP contribution in [0.25, 0.3) is 5.69 Å². The van der Waals surface area contributed by atoms with Crippen molar-refractivity contribution in [1.82, 2.24) is 24.6 Å². The van der Waals surface area contributed by atoms with Crippen LogP contribution in [0.2, 0.25) is 5.02 Å². The summed E-state index contributed by atoms with van der Waals surface area (Å²) >= 11 is 11.4. The van der Waals surface area contributed by atoms with Crippen molar-refractivity contribution in [3.05, 3.63) is 39.9 Å². The number of aromatic nitrogens is 3. The molecule has 0 unspecified atom stereocenters. The molecule has 2 heterocycles. The van der Waals surface area contributed by atoms with Crippen molar-refractivity contribution in [2.24, 2.45) is 0 Å². The molecule has 7 heteroatoms. The van der Waals surface area contributed by atoms with Crippen LogP contribution in [-0.4, -0.2) is 57.8 Å². The van der Waals surface area contributed by atoms with E-state index in [1.807, 2.05) is 28.8 Å². The number of hydrogen-bond donors (Lipinski definition) is 1. The van der Waals surface area contributed by atoms with Gasteiger partial charge in [-0.15, -0.1) is 0 Å². The van der Waals surface area contributed by atoms with Gasteiger partial charge in [0.1, 0.15) is 5.82 Å². The van der Waals surface area contributed by atoms with Crippen LogP contribution in [0.3, 0.4) is 0 Å². The highest BCUT2D eigenvalue weighted by Crippen LogP contribution is 2.17. The molecule has 3 rings (SSSR count). The van der Waals surface area contributed by atoms with Crippen LogP contribution in [0.4, 0.5) is 0 Å². The van der Waals surface area contributed by atoms with E-state index in [0.717, 1.165) is 44.2 Å². The monoisotopic (exact) mass is 323 g/mol. The molecule has 0 atom stereocenters. The summed E-state index contributed by atoms with van der Waals surface area (Å²) in [7, 11) is 2.15. The van der Waals surface area contributed by atoms with Crippen LogP contribution >= 0.6 is 23.8 Å². The molecule has 1 aromatic heterocycles. The molecule has 0 bridgehead atoms. The largest absolute Gasteiger partial charge is 0.304 e. The first-order valence-electron chi connectivity index (χ1n) is 6.96. The molecule has 1 aromatic carbocycles. The quantitative estimate of drug-likeness (QED) is 0.880. The Morgan fingerprint density at radius 1 is 1.29 bits per heavy atom. The third kappa shape index (κ3) is 3.35. The molecule has 0 spiro atoms. The van der Waals surface area contributed by atoms with Crippen LogP contribution in [0.5, 0.6) is 0 Å². The third-order valence-electron chi connectivity index (χ3n) is 3.77. The van der Waals surface area contributed by atoms with Gasteiger partial charge in [0.15, 0.2) is 4.77 Å². The van der Waals surface area contributed by atoms with E-state index in [9.17, 15) is 0 Å². The Kier molecular flexibility index (Phi) is 4.40. The fraction of sp³-hybridized carbons (Fsp3) is 0.429. The van der Waals surface area contributed by atoms with Crippen molar-refractivity contribution in [1.29, 1.82) is 0 Å². The average molecular weight is 324 g/mol. The molecule has 21 heavy (non-hydrogen) atoms. The van der Waals surface area contributed by atoms with E-state index >= 15 is 0 Å². The number of H-pyrrole nitrogens is 1. The molecule has 1 fully saturated rings. The number of nitrogens with one attached hydrogen (secondary N) is 1. The Morgan fingerprint density at radius 3 is 2.76 bits per heavy atom. The number of likely N-dealkylation sites (N-methyl/N-ethyl adjacent to an activating group) is 1. The van der Waals surface area contributed by atoms with Crippen LogP contribution in [-0.2, 0) is 6.54 Å². The Balaban J connectivity index is 1.85. The maximum atomic E-state index is 6.08. The first-order valence-corrected chi connectivity index (χ1v) is 7.75. The van der Waals surface area contributed by atoms with Gasteiger partial charge in [-0.1, -0.05) is 17.7 Å². The molecule has 0 saturated carbocycles. The van der Waals surface area contributed by atoms with Crippen molar-refractivity contribution >= 4 is 23.8 Å². The number of piperazine rings is 1. The molecular weight excluding hydrogens is 306 g/mol. The molecular formula is C14H18ClN5S. The summed E-state index contributed by atoms with van der Waals surface area (Å²) in [5.41, 5.74) is 0.949. The van der Waals surface area contributed by atoms with E-state index in [4.69, 9.17) is 23.8 Å². The van der Waals surface area contributed by atoms with E-state index in [2.05, 4.69) is 27.0 Å². The van der Waals surface area contributed by atoms with Gasteiger partial charge < -0.3 is 4.90 Å². The van der Waals surface area contributed by atoms with Crippen LogP contribution < -0.4 is 0 Å². The van der Waals surface area contributed by atoms with Gasteiger partial charge in [0.05, 0.1) is 12.2 Å². The van der Waals surface area contributed by atoms with E-state index < -0.39 is 0 Å². The molecule has 0 radical (unpaired) electrons. The predicted octanol–water partition coefficient (Wildman–Crippen LogP) is 2.33. The summed E-state index contributed by atoms with van der Waals surface area (Å²) in [4.78, 5) is 4.73. The highest BCUT2D eigenvalue weighted by molar-refractivity contribution is 7.71. The molecule has 1 saturated heterocycles. The second-order valence-electron chi connectivity index (χ2n) is 5.34. The average Bonchev–Trinajstić information content (AvgIpc) is 2.82. The zero-order valence-corrected chi connectivity index (χ0v) is 13.5. The smallest absolute Gasteiger partial charge is 0.199 e. The predicted molar refractivity (Wildman–Crippen MR) is 86.5 cm³/mol. The zero-order chi connectivity index (χ0) is 14.8. The minimum absolute atomic E-state index is 0.599. The van der Waals surface area contributed by atoms with Gasteiger partial charge in [-0.2, -0.15) is 5.10 Å². The SMILES string of the molecule is CN1CCN(Cc2n[nH]c(=S)n2-c2cccc(Cl)c2)CC1. The molecule has 1 aliphatic heterocycles. The fourth-order valence-corrected chi connectivity index (χ4v) is 2.96. The highest BCUT2D eigenvalue weighted by Gasteiger charge is 2.17. The minimum Gasteiger partial charge on any atom is -0.304 e. The van der Waals surface area contributed by atoms with Crippen molar-refractivity contribution in [3.8, 4) is 5.69 Å². The van der Waals surface area contributed by atoms with Gasteiger partial charge >= 0.3 is 0 Å². The second-order valence-corrected chi connectivity index (χ2v) is 6.16. The zero-order valence-electron chi connectivity index (χ0n) is 11.9. The van der Waals surface area contributed by atoms with Crippen molar-refractivity contribution in [2.45, 2.75) is 6.54 Å². The standard InChI is InChI=1S/C14H18ClN5S/c1-18-5-7-19(8-6-18)10-13-16-17-14(21)20(13)12-4-2-3-11(15)9-12/h2-4,9H,5-8,10H2,1H3,(H,17,21). The normalized spacial score (nSPS) is 17.2. The molecule has 1 N–H and O–H groups in total. The summed E-state index contributed by atoms with van der Waals surface area (Å²) in [5, 5.41) is 7.97. The highest BCUT2D eigenvalue weighted by atomic mass is 35.5. The van der Waals surface area contributed by atoms with Crippen molar-refractivity contribution in [3.63, 3.8) is 0 Å². The van der Waals surface area contributed by atoms with E-state index in [1.165, 1.54) is 0 Å². The second kappa shape index (κ2) is 6.27. The van der Waals surface area contributed by atoms with Gasteiger partial charge in [-0.25, -0.2) is 0 Å². The van der Waals surface area contributed by atoms with Crippen LogP contribution in [0, 0.1) is 4.77 Å². The number of halogens is 1. The van der Waals surface area contributed by atoms with Gasteiger partial charge in [-0.05, 0) is 37.5 Å². The van der Waals surface area contributed by atoms with Crippen LogP contribution in [0.1, 0.15) is 5.82 Å². The molecule has 0 amide bonds. The number of rotatable bonds is 3. The molecule has 5 nitrogen and oxygen atoms in total. The first kappa shape index (κ1) is 14.7. The minimum atomic E-state index is 0.599. The lowest BCUT2D eigenvalue weighted by molar-refractivity contribution is 0.145. The molecule has 0 aliphatic carbocycles. The van der Waals surface area contributed by atoms with Gasteiger partial charge in [0.2, 0.25) is 0 Å². The Hall–Kier alpha value is -1.21.